The van der Waals surface area contributed by atoms with Crippen LogP contribution in [-0.4, -0.2) is 30.3 Å². The summed E-state index contributed by atoms with van der Waals surface area (Å²) >= 11 is 0. The maximum absolute atomic E-state index is 13.5. The number of benzene rings is 1. The third-order valence-electron chi connectivity index (χ3n) is 7.57. The lowest BCUT2D eigenvalue weighted by atomic mass is 9.49. The Kier molecular flexibility index (Phi) is 6.63. The van der Waals surface area contributed by atoms with Crippen molar-refractivity contribution in [2.24, 2.45) is 28.9 Å². The molecule has 1 atom stereocenters. The van der Waals surface area contributed by atoms with E-state index in [-0.39, 0.29) is 23.1 Å². The van der Waals surface area contributed by atoms with Crippen molar-refractivity contribution in [1.82, 2.24) is 10.6 Å². The molecule has 6 nitrogen and oxygen atoms in total. The molecule has 1 aromatic carbocycles. The number of primary amides is 1. The van der Waals surface area contributed by atoms with E-state index in [4.69, 9.17) is 5.73 Å². The Morgan fingerprint density at radius 2 is 1.58 bits per heavy atom. The van der Waals surface area contributed by atoms with E-state index in [0.29, 0.717) is 50.0 Å². The van der Waals surface area contributed by atoms with E-state index in [0.717, 1.165) is 24.8 Å². The molecule has 4 bridgehead atoms. The van der Waals surface area contributed by atoms with Gasteiger partial charge in [0.1, 0.15) is 6.04 Å². The monoisotopic (exact) mass is 425 g/mol. The first-order valence-electron chi connectivity index (χ1n) is 11.8. The largest absolute Gasteiger partial charge is 0.370 e. The second-order valence-electron chi connectivity index (χ2n) is 10.1. The highest BCUT2D eigenvalue weighted by Gasteiger charge is 2.54. The smallest absolute Gasteiger partial charge is 0.242 e. The molecule has 1 aromatic rings. The topological polar surface area (TPSA) is 101 Å². The Labute approximate surface area is 184 Å². The van der Waals surface area contributed by atoms with Crippen LogP contribution >= 0.6 is 0 Å². The number of nitrogens with two attached hydrogens (primary N) is 1. The first-order chi connectivity index (χ1) is 14.9. The van der Waals surface area contributed by atoms with Gasteiger partial charge in [-0.1, -0.05) is 30.3 Å². The normalized spacial score (nSPS) is 29.4. The molecule has 4 N–H and O–H groups in total. The van der Waals surface area contributed by atoms with E-state index in [9.17, 15) is 14.4 Å². The summed E-state index contributed by atoms with van der Waals surface area (Å²) in [6, 6.07) is 9.25. The van der Waals surface area contributed by atoms with Crippen molar-refractivity contribution >= 4 is 17.7 Å². The molecule has 3 amide bonds. The molecule has 5 rings (SSSR count). The Bertz CT molecular complexity index is 772. The van der Waals surface area contributed by atoms with Gasteiger partial charge in [-0.2, -0.15) is 0 Å². The fraction of sp³-hybridized carbons (Fsp3) is 0.640. The molecule has 31 heavy (non-hydrogen) atoms. The minimum Gasteiger partial charge on any atom is -0.370 e. The molecule has 1 unspecified atom stereocenters. The predicted molar refractivity (Wildman–Crippen MR) is 119 cm³/mol. The molecule has 0 aliphatic heterocycles. The Balaban J connectivity index is 1.40. The van der Waals surface area contributed by atoms with Crippen molar-refractivity contribution in [3.8, 4) is 0 Å². The Hall–Kier alpha value is -2.37. The molecular formula is C25H35N3O3. The van der Waals surface area contributed by atoms with Crippen molar-refractivity contribution in [3.63, 3.8) is 0 Å². The van der Waals surface area contributed by atoms with Gasteiger partial charge in [0.2, 0.25) is 17.7 Å². The molecule has 4 aliphatic carbocycles. The van der Waals surface area contributed by atoms with Gasteiger partial charge < -0.3 is 16.4 Å². The number of unbranched alkanes of at least 4 members (excludes halogenated alkanes) is 1. The van der Waals surface area contributed by atoms with Gasteiger partial charge in [-0.05, 0) is 74.7 Å². The van der Waals surface area contributed by atoms with Crippen LogP contribution in [0, 0.1) is 23.2 Å². The number of carbonyl (C=O) groups excluding carboxylic acids is 3. The van der Waals surface area contributed by atoms with Gasteiger partial charge in [-0.3, -0.25) is 14.4 Å². The van der Waals surface area contributed by atoms with Crippen LogP contribution < -0.4 is 16.4 Å². The highest BCUT2D eigenvalue weighted by Crippen LogP contribution is 2.60. The number of hydrogen-bond donors (Lipinski definition) is 3. The van der Waals surface area contributed by atoms with Gasteiger partial charge in [0, 0.05) is 24.8 Å². The van der Waals surface area contributed by atoms with E-state index < -0.39 is 6.04 Å². The van der Waals surface area contributed by atoms with Crippen LogP contribution in [-0.2, 0) is 20.8 Å². The fourth-order valence-corrected chi connectivity index (χ4v) is 6.52. The molecular weight excluding hydrogens is 390 g/mol. The molecule has 0 aromatic heterocycles. The summed E-state index contributed by atoms with van der Waals surface area (Å²) in [6.45, 7) is 0.477. The van der Waals surface area contributed by atoms with Crippen molar-refractivity contribution in [2.75, 3.05) is 6.54 Å². The minimum atomic E-state index is -0.584. The van der Waals surface area contributed by atoms with Gasteiger partial charge >= 0.3 is 0 Å². The molecule has 6 heteroatoms. The van der Waals surface area contributed by atoms with E-state index in [1.165, 1.54) is 19.3 Å². The summed E-state index contributed by atoms with van der Waals surface area (Å²) in [4.78, 5) is 37.4. The number of amides is 3. The lowest BCUT2D eigenvalue weighted by Gasteiger charge is -2.55. The van der Waals surface area contributed by atoms with Gasteiger partial charge in [0.15, 0.2) is 0 Å². The number of carbonyl (C=O) groups is 3. The van der Waals surface area contributed by atoms with Crippen molar-refractivity contribution < 1.29 is 14.4 Å². The molecule has 168 valence electrons. The second kappa shape index (κ2) is 9.41. The van der Waals surface area contributed by atoms with Crippen molar-refractivity contribution in [1.29, 1.82) is 0 Å². The van der Waals surface area contributed by atoms with Gasteiger partial charge in [0.25, 0.3) is 0 Å². The lowest BCUT2D eigenvalue weighted by molar-refractivity contribution is -0.148. The van der Waals surface area contributed by atoms with Crippen LogP contribution in [0.25, 0.3) is 0 Å². The summed E-state index contributed by atoms with van der Waals surface area (Å²) in [6.07, 6.45) is 8.95. The van der Waals surface area contributed by atoms with E-state index in [2.05, 4.69) is 10.6 Å². The highest BCUT2D eigenvalue weighted by atomic mass is 16.2. The summed E-state index contributed by atoms with van der Waals surface area (Å²) in [7, 11) is 0. The van der Waals surface area contributed by atoms with Crippen LogP contribution in [0.1, 0.15) is 63.4 Å². The van der Waals surface area contributed by atoms with E-state index >= 15 is 0 Å². The first kappa shape index (κ1) is 21.8. The van der Waals surface area contributed by atoms with Crippen LogP contribution in [0.5, 0.6) is 0 Å². The molecule has 0 spiro atoms. The maximum Gasteiger partial charge on any atom is 0.242 e. The molecule has 0 saturated heterocycles. The highest BCUT2D eigenvalue weighted by molar-refractivity contribution is 5.90. The second-order valence-corrected chi connectivity index (χ2v) is 10.1. The van der Waals surface area contributed by atoms with Gasteiger partial charge in [-0.25, -0.2) is 0 Å². The number of nitrogens with one attached hydrogen (secondary N) is 2. The molecule has 4 aliphatic rings. The fourth-order valence-electron chi connectivity index (χ4n) is 6.52. The molecule has 4 saturated carbocycles. The van der Waals surface area contributed by atoms with Gasteiger partial charge in [-0.15, -0.1) is 0 Å². The van der Waals surface area contributed by atoms with Crippen molar-refractivity contribution in [3.05, 3.63) is 35.9 Å². The van der Waals surface area contributed by atoms with Crippen LogP contribution in [0.2, 0.25) is 0 Å². The Morgan fingerprint density at radius 1 is 0.968 bits per heavy atom. The minimum absolute atomic E-state index is 0.0800. The summed E-state index contributed by atoms with van der Waals surface area (Å²) in [5.74, 6) is 1.66. The molecule has 4 fully saturated rings. The van der Waals surface area contributed by atoms with E-state index in [1.54, 1.807) is 0 Å². The van der Waals surface area contributed by atoms with Crippen LogP contribution in [0.15, 0.2) is 30.3 Å². The SMILES string of the molecule is NC(=O)CCCCNC(=O)C(Cc1ccccc1)NC(=O)C12CC3CC(CC(C3)C1)C2. The van der Waals surface area contributed by atoms with Crippen LogP contribution in [0.3, 0.4) is 0 Å². The summed E-state index contributed by atoms with van der Waals surface area (Å²) in [5, 5.41) is 6.11. The third-order valence-corrected chi connectivity index (χ3v) is 7.57. The Morgan fingerprint density at radius 3 is 2.16 bits per heavy atom. The zero-order valence-electron chi connectivity index (χ0n) is 18.3. The summed E-state index contributed by atoms with van der Waals surface area (Å²) in [5.41, 5.74) is 5.93. The van der Waals surface area contributed by atoms with Gasteiger partial charge in [0.05, 0.1) is 0 Å². The molecule has 0 heterocycles. The summed E-state index contributed by atoms with van der Waals surface area (Å²) < 4.78 is 0. The third kappa shape index (κ3) is 5.28. The van der Waals surface area contributed by atoms with E-state index in [1.807, 2.05) is 30.3 Å². The average molecular weight is 426 g/mol. The van der Waals surface area contributed by atoms with Crippen molar-refractivity contribution in [2.45, 2.75) is 70.3 Å². The molecule has 0 radical (unpaired) electrons. The predicted octanol–water partition coefficient (Wildman–Crippen LogP) is 2.70. The quantitative estimate of drug-likeness (QED) is 0.502. The first-order valence-corrected chi connectivity index (χ1v) is 11.8. The number of rotatable bonds is 10. The standard InChI is InChI=1S/C25H35N3O3/c26-22(29)8-4-5-9-27-23(30)21(13-17-6-2-1-3-7-17)28-24(31)25-14-18-10-19(15-25)12-20(11-18)16-25/h1-3,6-7,18-21H,4-5,8-16H2,(H2,26,29)(H,27,30)(H,28,31). The van der Waals surface area contributed by atoms with Crippen LogP contribution in [0.4, 0.5) is 0 Å². The maximum atomic E-state index is 13.5. The zero-order chi connectivity index (χ0) is 21.8. The lowest BCUT2D eigenvalue weighted by Crippen LogP contribution is -2.57. The zero-order valence-corrected chi connectivity index (χ0v) is 18.3. The number of hydrogen-bond acceptors (Lipinski definition) is 3. The average Bonchev–Trinajstić information content (AvgIpc) is 2.72.